The quantitative estimate of drug-likeness (QED) is 0.473. The topological polar surface area (TPSA) is 113 Å². The van der Waals surface area contributed by atoms with E-state index in [9.17, 15) is 21.6 Å². The number of hydrogen-bond donors (Lipinski definition) is 1. The minimum atomic E-state index is -3.73. The van der Waals surface area contributed by atoms with Crippen LogP contribution in [-0.4, -0.2) is 65.6 Å². The van der Waals surface area contributed by atoms with Gasteiger partial charge in [-0.05, 0) is 68.3 Å². The van der Waals surface area contributed by atoms with Crippen LogP contribution in [0, 0.1) is 0 Å². The molecule has 0 saturated carbocycles. The molecule has 0 spiro atoms. The highest BCUT2D eigenvalue weighted by Crippen LogP contribution is 2.24. The Morgan fingerprint density at radius 1 is 1.06 bits per heavy atom. The van der Waals surface area contributed by atoms with E-state index in [1.165, 1.54) is 35.5 Å². The number of halogens is 1. The lowest BCUT2D eigenvalue weighted by atomic mass is 10.2. The van der Waals surface area contributed by atoms with Crippen molar-refractivity contribution in [2.24, 2.45) is 0 Å². The van der Waals surface area contributed by atoms with Crippen LogP contribution in [0.2, 0.25) is 5.02 Å². The molecule has 0 aromatic heterocycles. The lowest BCUT2D eigenvalue weighted by molar-refractivity contribution is -0.121. The molecule has 1 fully saturated rings. The predicted molar refractivity (Wildman–Crippen MR) is 131 cm³/mol. The summed E-state index contributed by atoms with van der Waals surface area (Å²) < 4.78 is 57.8. The third kappa shape index (κ3) is 6.41. The SMILES string of the molecule is C[C@H](C(=O)NCCOc1ccc(S(=O)(=O)N2CCCC2)cc1)N(c1ccc(Cl)cc1)S(C)(=O)=O. The van der Waals surface area contributed by atoms with Gasteiger partial charge in [-0.2, -0.15) is 4.31 Å². The summed E-state index contributed by atoms with van der Waals surface area (Å²) in [5.41, 5.74) is 0.328. The summed E-state index contributed by atoms with van der Waals surface area (Å²) in [4.78, 5) is 12.8. The molecule has 0 bridgehead atoms. The van der Waals surface area contributed by atoms with E-state index in [0.29, 0.717) is 29.5 Å². The Morgan fingerprint density at radius 3 is 2.21 bits per heavy atom. The van der Waals surface area contributed by atoms with Gasteiger partial charge in [-0.1, -0.05) is 11.6 Å². The lowest BCUT2D eigenvalue weighted by Gasteiger charge is -2.28. The fourth-order valence-electron chi connectivity index (χ4n) is 3.67. The van der Waals surface area contributed by atoms with E-state index in [1.807, 2.05) is 0 Å². The van der Waals surface area contributed by atoms with E-state index in [1.54, 1.807) is 24.3 Å². The van der Waals surface area contributed by atoms with E-state index in [4.69, 9.17) is 16.3 Å². The molecule has 12 heteroatoms. The summed E-state index contributed by atoms with van der Waals surface area (Å²) in [5.74, 6) is -0.0300. The monoisotopic (exact) mass is 529 g/mol. The van der Waals surface area contributed by atoms with Gasteiger partial charge in [-0.15, -0.1) is 0 Å². The third-order valence-corrected chi connectivity index (χ3v) is 8.77. The molecule has 186 valence electrons. The first-order chi connectivity index (χ1) is 16.0. The van der Waals surface area contributed by atoms with E-state index in [-0.39, 0.29) is 18.0 Å². The van der Waals surface area contributed by atoms with E-state index >= 15 is 0 Å². The molecule has 2 aromatic rings. The van der Waals surface area contributed by atoms with Crippen molar-refractivity contribution < 1.29 is 26.4 Å². The normalized spacial score (nSPS) is 15.6. The number of ether oxygens (including phenoxy) is 1. The first-order valence-electron chi connectivity index (χ1n) is 10.8. The van der Waals surface area contributed by atoms with E-state index < -0.39 is 32.0 Å². The predicted octanol–water partition coefficient (Wildman–Crippen LogP) is 2.47. The molecule has 9 nitrogen and oxygen atoms in total. The molecule has 1 N–H and O–H groups in total. The van der Waals surface area contributed by atoms with E-state index in [2.05, 4.69) is 5.32 Å². The Morgan fingerprint density at radius 2 is 1.65 bits per heavy atom. The van der Waals surface area contributed by atoms with Crippen molar-refractivity contribution in [1.29, 1.82) is 0 Å². The van der Waals surface area contributed by atoms with Crippen molar-refractivity contribution in [2.45, 2.75) is 30.7 Å². The summed E-state index contributed by atoms with van der Waals surface area (Å²) in [6.07, 6.45) is 2.76. The van der Waals surface area contributed by atoms with Crippen molar-refractivity contribution in [3.05, 3.63) is 53.6 Å². The van der Waals surface area contributed by atoms with Crippen molar-refractivity contribution >= 4 is 43.2 Å². The number of carbonyl (C=O) groups is 1. The zero-order chi connectivity index (χ0) is 24.9. The van der Waals surface area contributed by atoms with Crippen LogP contribution in [0.5, 0.6) is 5.75 Å². The van der Waals surface area contributed by atoms with Gasteiger partial charge >= 0.3 is 0 Å². The van der Waals surface area contributed by atoms with Crippen LogP contribution in [0.3, 0.4) is 0 Å². The number of sulfonamides is 2. The van der Waals surface area contributed by atoms with E-state index in [0.717, 1.165) is 23.4 Å². The van der Waals surface area contributed by atoms with Crippen molar-refractivity contribution in [3.63, 3.8) is 0 Å². The molecule has 1 amide bonds. The van der Waals surface area contributed by atoms with Gasteiger partial charge < -0.3 is 10.1 Å². The Bertz CT molecular complexity index is 1200. The molecule has 1 saturated heterocycles. The summed E-state index contributed by atoms with van der Waals surface area (Å²) in [7, 11) is -7.21. The minimum Gasteiger partial charge on any atom is -0.492 e. The molecule has 34 heavy (non-hydrogen) atoms. The molecule has 1 aliphatic rings. The minimum absolute atomic E-state index is 0.122. The van der Waals surface area contributed by atoms with Crippen LogP contribution >= 0.6 is 11.6 Å². The number of hydrogen-bond acceptors (Lipinski definition) is 6. The second-order valence-corrected chi connectivity index (χ2v) is 12.2. The van der Waals surface area contributed by atoms with Gasteiger partial charge in [-0.25, -0.2) is 16.8 Å². The highest BCUT2D eigenvalue weighted by atomic mass is 35.5. The Labute approximate surface area is 205 Å². The summed E-state index contributed by atoms with van der Waals surface area (Å²) in [5, 5.41) is 3.11. The lowest BCUT2D eigenvalue weighted by Crippen LogP contribution is -2.48. The van der Waals surface area contributed by atoms with Gasteiger partial charge in [0.25, 0.3) is 0 Å². The average Bonchev–Trinajstić information content (AvgIpc) is 3.33. The van der Waals surface area contributed by atoms with Gasteiger partial charge in [0, 0.05) is 18.1 Å². The van der Waals surface area contributed by atoms with Crippen molar-refractivity contribution in [3.8, 4) is 5.75 Å². The third-order valence-electron chi connectivity index (χ3n) is 5.37. The smallest absolute Gasteiger partial charge is 0.243 e. The maximum Gasteiger partial charge on any atom is 0.243 e. The highest BCUT2D eigenvalue weighted by Gasteiger charge is 2.29. The second-order valence-electron chi connectivity index (χ2n) is 7.93. The molecular formula is C22H28ClN3O6S2. The summed E-state index contributed by atoms with van der Waals surface area (Å²) in [6.45, 7) is 2.82. The Hall–Kier alpha value is -2.34. The van der Waals surface area contributed by atoms with Crippen LogP contribution in [0.1, 0.15) is 19.8 Å². The van der Waals surface area contributed by atoms with Gasteiger partial charge in [0.05, 0.1) is 23.4 Å². The highest BCUT2D eigenvalue weighted by molar-refractivity contribution is 7.92. The zero-order valence-corrected chi connectivity index (χ0v) is 21.4. The van der Waals surface area contributed by atoms with Gasteiger partial charge in [0.2, 0.25) is 26.0 Å². The number of nitrogens with zero attached hydrogens (tertiary/aromatic N) is 2. The first-order valence-corrected chi connectivity index (χ1v) is 14.4. The van der Waals surface area contributed by atoms with Crippen LogP contribution in [-0.2, 0) is 24.8 Å². The second kappa shape index (κ2) is 10.9. The molecule has 0 unspecified atom stereocenters. The van der Waals surface area contributed by atoms with Gasteiger partial charge in [0.15, 0.2) is 0 Å². The summed E-state index contributed by atoms with van der Waals surface area (Å²) >= 11 is 5.88. The van der Waals surface area contributed by atoms with Crippen LogP contribution in [0.25, 0.3) is 0 Å². The number of carbonyl (C=O) groups excluding carboxylic acids is 1. The molecule has 0 aliphatic carbocycles. The van der Waals surface area contributed by atoms with Crippen LogP contribution in [0.15, 0.2) is 53.4 Å². The standard InChI is InChI=1S/C22H28ClN3O6S2/c1-17(26(33(2,28)29)19-7-5-18(23)6-8-19)22(27)24-13-16-32-20-9-11-21(12-10-20)34(30,31)25-14-3-4-15-25/h5-12,17H,3-4,13-16H2,1-2H3,(H,24,27)/t17-/m1/s1. The maximum atomic E-state index is 12.6. The molecule has 1 aliphatic heterocycles. The van der Waals surface area contributed by atoms with Crippen LogP contribution < -0.4 is 14.4 Å². The number of amides is 1. The van der Waals surface area contributed by atoms with Gasteiger partial charge in [-0.3, -0.25) is 9.10 Å². The zero-order valence-electron chi connectivity index (χ0n) is 19.0. The number of anilines is 1. The molecule has 0 radical (unpaired) electrons. The molecule has 1 atom stereocenters. The largest absolute Gasteiger partial charge is 0.492 e. The molecular weight excluding hydrogens is 502 g/mol. The fourth-order valence-corrected chi connectivity index (χ4v) is 6.49. The van der Waals surface area contributed by atoms with Crippen LogP contribution in [0.4, 0.5) is 5.69 Å². The van der Waals surface area contributed by atoms with Gasteiger partial charge in [0.1, 0.15) is 18.4 Å². The van der Waals surface area contributed by atoms with Crippen molar-refractivity contribution in [1.82, 2.24) is 9.62 Å². The Kier molecular flexibility index (Phi) is 8.45. The fraction of sp³-hybridized carbons (Fsp3) is 0.409. The first kappa shape index (κ1) is 26.3. The number of benzene rings is 2. The summed E-state index contributed by atoms with van der Waals surface area (Å²) in [6, 6.07) is 11.3. The number of nitrogens with one attached hydrogen (secondary N) is 1. The average molecular weight is 530 g/mol. The Balaban J connectivity index is 1.53. The number of rotatable bonds is 10. The maximum absolute atomic E-state index is 12.6. The molecule has 2 aromatic carbocycles. The van der Waals surface area contributed by atoms with Crippen molar-refractivity contribution in [2.75, 3.05) is 36.8 Å². The molecule has 3 rings (SSSR count). The molecule has 1 heterocycles.